The van der Waals surface area contributed by atoms with Crippen LogP contribution >= 0.6 is 0 Å². The third-order valence-corrected chi connectivity index (χ3v) is 5.81. The van der Waals surface area contributed by atoms with Crippen molar-refractivity contribution in [1.82, 2.24) is 5.32 Å². The van der Waals surface area contributed by atoms with E-state index in [9.17, 15) is 26.4 Å². The highest BCUT2D eigenvalue weighted by atomic mass is 32.2. The Morgan fingerprint density at radius 1 is 1.09 bits per heavy atom. The molecular formula is C12H19N2O6S2+. The Kier molecular flexibility index (Phi) is 5.31. The predicted octanol–water partition coefficient (Wildman–Crippen LogP) is -1.08. The summed E-state index contributed by atoms with van der Waals surface area (Å²) in [7, 11) is -7.37. The van der Waals surface area contributed by atoms with Crippen LogP contribution in [0.1, 0.15) is 6.92 Å². The molecule has 1 aliphatic rings. The lowest BCUT2D eigenvalue weighted by atomic mass is 10.4. The molecule has 0 spiro atoms. The van der Waals surface area contributed by atoms with E-state index in [1.54, 1.807) is 0 Å². The number of amides is 2. The largest absolute Gasteiger partial charge is 0.331 e. The summed E-state index contributed by atoms with van der Waals surface area (Å²) < 4.78 is 45.2. The van der Waals surface area contributed by atoms with Gasteiger partial charge in [0, 0.05) is 17.7 Å². The van der Waals surface area contributed by atoms with Crippen LogP contribution in [0, 0.1) is 0 Å². The number of quaternary nitrogens is 1. The van der Waals surface area contributed by atoms with Gasteiger partial charge in [-0.15, -0.1) is 0 Å². The number of carbonyl (C=O) groups is 2. The van der Waals surface area contributed by atoms with Crippen LogP contribution in [-0.4, -0.2) is 63.9 Å². The van der Waals surface area contributed by atoms with E-state index in [2.05, 4.69) is 18.5 Å². The Balaban J connectivity index is 2.74. The molecule has 1 rings (SSSR count). The van der Waals surface area contributed by atoms with Crippen molar-refractivity contribution in [3.8, 4) is 0 Å². The summed E-state index contributed by atoms with van der Waals surface area (Å²) in [6.07, 6.45) is -0.708. The molecule has 0 aromatic rings. The Morgan fingerprint density at radius 3 is 1.95 bits per heavy atom. The number of hydrogen-bond acceptors (Lipinski definition) is 6. The third-order valence-electron chi connectivity index (χ3n) is 3.48. The highest BCUT2D eigenvalue weighted by Gasteiger charge is 2.55. The second-order valence-electron chi connectivity index (χ2n) is 5.07. The van der Waals surface area contributed by atoms with Gasteiger partial charge >= 0.3 is 5.91 Å². The van der Waals surface area contributed by atoms with E-state index in [4.69, 9.17) is 0 Å². The minimum absolute atomic E-state index is 0.215. The maximum atomic E-state index is 12.1. The lowest BCUT2D eigenvalue weighted by Gasteiger charge is -2.23. The molecule has 1 saturated heterocycles. The molecule has 2 amide bonds. The van der Waals surface area contributed by atoms with E-state index in [1.807, 2.05) is 0 Å². The molecule has 124 valence electrons. The summed E-state index contributed by atoms with van der Waals surface area (Å²) in [5.41, 5.74) is 0. The van der Waals surface area contributed by atoms with Crippen LogP contribution in [0.2, 0.25) is 0 Å². The SMILES string of the molecule is C=CS(=O)(=O)CC(=O)NC(C)[N+]1(C(=O)CS(=O)(=O)C=C)CC1. The summed E-state index contributed by atoms with van der Waals surface area (Å²) in [5.74, 6) is -2.78. The van der Waals surface area contributed by atoms with E-state index in [-0.39, 0.29) is 4.48 Å². The lowest BCUT2D eigenvalue weighted by Crippen LogP contribution is -2.54. The molecule has 1 fully saturated rings. The second-order valence-corrected chi connectivity index (χ2v) is 8.96. The van der Waals surface area contributed by atoms with Crippen molar-refractivity contribution in [2.45, 2.75) is 13.1 Å². The Morgan fingerprint density at radius 2 is 1.55 bits per heavy atom. The zero-order valence-corrected chi connectivity index (χ0v) is 13.8. The molecule has 0 aromatic carbocycles. The highest BCUT2D eigenvalue weighted by molar-refractivity contribution is 7.95. The number of nitrogens with one attached hydrogen (secondary N) is 1. The van der Waals surface area contributed by atoms with Crippen LogP contribution in [-0.2, 0) is 29.3 Å². The molecule has 0 saturated carbocycles. The normalized spacial score (nSPS) is 18.0. The quantitative estimate of drug-likeness (QED) is 0.439. The van der Waals surface area contributed by atoms with Gasteiger partial charge in [-0.1, -0.05) is 13.2 Å². The van der Waals surface area contributed by atoms with E-state index < -0.39 is 49.2 Å². The van der Waals surface area contributed by atoms with Crippen molar-refractivity contribution < 1.29 is 30.9 Å². The minimum atomic E-state index is -3.69. The first-order chi connectivity index (χ1) is 9.98. The molecule has 0 radical (unpaired) electrons. The summed E-state index contributed by atoms with van der Waals surface area (Å²) >= 11 is 0. The predicted molar refractivity (Wildman–Crippen MR) is 80.6 cm³/mol. The van der Waals surface area contributed by atoms with Gasteiger partial charge in [0.05, 0.1) is 0 Å². The van der Waals surface area contributed by atoms with Gasteiger partial charge in [-0.25, -0.2) is 26.1 Å². The smallest absolute Gasteiger partial charge is 0.306 e. The molecule has 0 aromatic heterocycles. The van der Waals surface area contributed by atoms with Crippen molar-refractivity contribution in [1.29, 1.82) is 0 Å². The van der Waals surface area contributed by atoms with Gasteiger partial charge in [-0.2, -0.15) is 0 Å². The fraction of sp³-hybridized carbons (Fsp3) is 0.500. The summed E-state index contributed by atoms with van der Waals surface area (Å²) in [4.78, 5) is 23.8. The van der Waals surface area contributed by atoms with Crippen LogP contribution in [0.4, 0.5) is 0 Å². The molecule has 1 heterocycles. The molecule has 1 atom stereocenters. The van der Waals surface area contributed by atoms with Gasteiger partial charge in [-0.05, 0) is 0 Å². The fourth-order valence-electron chi connectivity index (χ4n) is 1.96. The maximum absolute atomic E-state index is 12.1. The number of rotatable bonds is 8. The molecule has 1 N–H and O–H groups in total. The van der Waals surface area contributed by atoms with Gasteiger partial charge in [0.15, 0.2) is 31.6 Å². The van der Waals surface area contributed by atoms with Crippen molar-refractivity contribution >= 4 is 31.5 Å². The Bertz CT molecular complexity index is 704. The molecule has 1 unspecified atom stereocenters. The molecular weight excluding hydrogens is 332 g/mol. The number of hydrogen-bond donors (Lipinski definition) is 1. The van der Waals surface area contributed by atoms with Gasteiger partial charge in [0.1, 0.15) is 18.8 Å². The standard InChI is InChI=1S/C12H18N2O6S2/c1-4-21(17,18)8-11(15)13-10(3)14(6-7-14)12(16)9-22(19,20)5-2/h4-5,10H,1-2,6-9H2,3H3/p+1. The summed E-state index contributed by atoms with van der Waals surface area (Å²) in [5, 5.41) is 3.82. The minimum Gasteiger partial charge on any atom is -0.306 e. The van der Waals surface area contributed by atoms with Gasteiger partial charge in [0.2, 0.25) is 5.91 Å². The van der Waals surface area contributed by atoms with Gasteiger partial charge < -0.3 is 5.32 Å². The van der Waals surface area contributed by atoms with Crippen LogP contribution < -0.4 is 5.32 Å². The fourth-order valence-corrected chi connectivity index (χ4v) is 3.25. The summed E-state index contributed by atoms with van der Waals surface area (Å²) in [6.45, 7) is 8.55. The lowest BCUT2D eigenvalue weighted by molar-refractivity contribution is -0.748. The first kappa shape index (κ1) is 18.5. The molecule has 10 heteroatoms. The van der Waals surface area contributed by atoms with E-state index in [1.165, 1.54) is 6.92 Å². The Labute approximate surface area is 129 Å². The van der Waals surface area contributed by atoms with Gasteiger partial charge in [-0.3, -0.25) is 4.79 Å². The zero-order chi connectivity index (χ0) is 17.2. The highest BCUT2D eigenvalue weighted by Crippen LogP contribution is 2.26. The van der Waals surface area contributed by atoms with Crippen molar-refractivity contribution in [3.05, 3.63) is 24.0 Å². The Hall–Kier alpha value is -1.52. The maximum Gasteiger partial charge on any atom is 0.331 e. The molecule has 0 aliphatic carbocycles. The van der Waals surface area contributed by atoms with E-state index in [0.717, 1.165) is 0 Å². The average molecular weight is 351 g/mol. The number of carbonyl (C=O) groups excluding carboxylic acids is 2. The van der Waals surface area contributed by atoms with Crippen molar-refractivity contribution in [3.63, 3.8) is 0 Å². The second kappa shape index (κ2) is 6.31. The van der Waals surface area contributed by atoms with Crippen molar-refractivity contribution in [2.24, 2.45) is 0 Å². The van der Waals surface area contributed by atoms with E-state index >= 15 is 0 Å². The van der Waals surface area contributed by atoms with Crippen LogP contribution in [0.5, 0.6) is 0 Å². The molecule has 8 nitrogen and oxygen atoms in total. The van der Waals surface area contributed by atoms with Crippen LogP contribution in [0.3, 0.4) is 0 Å². The first-order valence-corrected chi connectivity index (χ1v) is 9.81. The van der Waals surface area contributed by atoms with Crippen LogP contribution in [0.15, 0.2) is 24.0 Å². The topological polar surface area (TPSA) is 114 Å². The third kappa shape index (κ3) is 4.49. The average Bonchev–Trinajstić information content (AvgIpc) is 3.19. The van der Waals surface area contributed by atoms with Gasteiger partial charge in [0.25, 0.3) is 0 Å². The van der Waals surface area contributed by atoms with Crippen LogP contribution in [0.25, 0.3) is 0 Å². The monoisotopic (exact) mass is 351 g/mol. The molecule has 0 bridgehead atoms. The summed E-state index contributed by atoms with van der Waals surface area (Å²) in [6, 6.07) is 0. The molecule has 1 aliphatic heterocycles. The number of nitrogens with zero attached hydrogens (tertiary/aromatic N) is 1. The van der Waals surface area contributed by atoms with Crippen molar-refractivity contribution in [2.75, 3.05) is 24.6 Å². The molecule has 22 heavy (non-hydrogen) atoms. The first-order valence-electron chi connectivity index (χ1n) is 6.38. The number of sulfone groups is 2. The zero-order valence-electron chi connectivity index (χ0n) is 12.2. The van der Waals surface area contributed by atoms with E-state index in [0.29, 0.717) is 23.9 Å².